The molecule has 3 N–H and O–H groups in total. The first-order valence-electron chi connectivity index (χ1n) is 5.02. The van der Waals surface area contributed by atoms with E-state index in [1.807, 2.05) is 13.8 Å². The minimum Gasteiger partial charge on any atom is -0.351 e. The quantitative estimate of drug-likeness (QED) is 0.790. The van der Waals surface area contributed by atoms with Crippen molar-refractivity contribution in [3.05, 3.63) is 16.1 Å². The summed E-state index contributed by atoms with van der Waals surface area (Å²) in [4.78, 5) is 16.7. The molecule has 0 spiro atoms. The van der Waals surface area contributed by atoms with Gasteiger partial charge in [-0.2, -0.15) is 0 Å². The van der Waals surface area contributed by atoms with Crippen molar-refractivity contribution < 1.29 is 4.79 Å². The van der Waals surface area contributed by atoms with Crippen molar-refractivity contribution in [2.24, 2.45) is 11.7 Å². The van der Waals surface area contributed by atoms with Crippen LogP contribution in [0, 0.1) is 12.8 Å². The molecule has 1 heterocycles. The zero-order valence-corrected chi connectivity index (χ0v) is 9.93. The summed E-state index contributed by atoms with van der Waals surface area (Å²) in [7, 11) is 0. The van der Waals surface area contributed by atoms with Crippen molar-refractivity contribution in [3.8, 4) is 0 Å². The smallest absolute Gasteiger partial charge is 0.223 e. The van der Waals surface area contributed by atoms with Crippen LogP contribution in [-0.4, -0.2) is 17.4 Å². The first-order valence-corrected chi connectivity index (χ1v) is 5.84. The number of aryl methyl sites for hydroxylation is 1. The van der Waals surface area contributed by atoms with Gasteiger partial charge in [-0.05, 0) is 19.9 Å². The standard InChI is InChI=1S/C10H17N3OS/c1-7(3-4-11)10(14)13-6-9-5-12-8(2)15-9/h5,7H,3-4,6,11H2,1-2H3,(H,13,14). The fourth-order valence-electron chi connectivity index (χ4n) is 1.22. The molecule has 0 aliphatic rings. The van der Waals surface area contributed by atoms with E-state index in [2.05, 4.69) is 10.3 Å². The highest BCUT2D eigenvalue weighted by Crippen LogP contribution is 2.11. The van der Waals surface area contributed by atoms with Crippen molar-refractivity contribution in [1.82, 2.24) is 10.3 Å². The highest BCUT2D eigenvalue weighted by molar-refractivity contribution is 7.11. The molecule has 0 saturated carbocycles. The minimum atomic E-state index is -0.0102. The van der Waals surface area contributed by atoms with Crippen LogP contribution in [0.5, 0.6) is 0 Å². The number of nitrogens with two attached hydrogens (primary N) is 1. The molecule has 0 aliphatic carbocycles. The van der Waals surface area contributed by atoms with Gasteiger partial charge in [0.1, 0.15) is 0 Å². The van der Waals surface area contributed by atoms with Gasteiger partial charge in [0.15, 0.2) is 0 Å². The molecule has 1 amide bonds. The van der Waals surface area contributed by atoms with Crippen molar-refractivity contribution in [1.29, 1.82) is 0 Å². The number of carbonyl (C=O) groups excluding carboxylic acids is 1. The summed E-state index contributed by atoms with van der Waals surface area (Å²) in [5.74, 6) is 0.0514. The van der Waals surface area contributed by atoms with E-state index in [0.29, 0.717) is 13.1 Å². The third kappa shape index (κ3) is 3.97. The Balaban J connectivity index is 2.34. The van der Waals surface area contributed by atoms with Gasteiger partial charge in [0, 0.05) is 17.0 Å². The summed E-state index contributed by atoms with van der Waals surface area (Å²) < 4.78 is 0. The predicted molar refractivity (Wildman–Crippen MR) is 61.5 cm³/mol. The molecule has 1 rings (SSSR count). The lowest BCUT2D eigenvalue weighted by Gasteiger charge is -2.09. The zero-order chi connectivity index (χ0) is 11.3. The minimum absolute atomic E-state index is 0.0102. The number of amides is 1. The average Bonchev–Trinajstić information content (AvgIpc) is 2.61. The van der Waals surface area contributed by atoms with Crippen molar-refractivity contribution in [2.45, 2.75) is 26.8 Å². The maximum absolute atomic E-state index is 11.5. The van der Waals surface area contributed by atoms with Crippen LogP contribution in [0.4, 0.5) is 0 Å². The summed E-state index contributed by atoms with van der Waals surface area (Å²) in [5.41, 5.74) is 5.39. The van der Waals surface area contributed by atoms with Crippen LogP contribution >= 0.6 is 11.3 Å². The van der Waals surface area contributed by atoms with E-state index in [9.17, 15) is 4.79 Å². The molecule has 84 valence electrons. The van der Waals surface area contributed by atoms with Gasteiger partial charge in [-0.25, -0.2) is 4.98 Å². The van der Waals surface area contributed by atoms with E-state index >= 15 is 0 Å². The maximum Gasteiger partial charge on any atom is 0.223 e. The summed E-state index contributed by atoms with van der Waals surface area (Å²) >= 11 is 1.60. The molecule has 1 aromatic rings. The van der Waals surface area contributed by atoms with E-state index in [1.165, 1.54) is 0 Å². The van der Waals surface area contributed by atoms with Gasteiger partial charge in [-0.1, -0.05) is 6.92 Å². The lowest BCUT2D eigenvalue weighted by atomic mass is 10.1. The van der Waals surface area contributed by atoms with Gasteiger partial charge in [-0.3, -0.25) is 4.79 Å². The first-order chi connectivity index (χ1) is 7.13. The average molecular weight is 227 g/mol. The summed E-state index contributed by atoms with van der Waals surface area (Å²) in [6, 6.07) is 0. The van der Waals surface area contributed by atoms with E-state index in [1.54, 1.807) is 17.5 Å². The Morgan fingerprint density at radius 3 is 3.00 bits per heavy atom. The molecule has 1 aromatic heterocycles. The molecule has 4 nitrogen and oxygen atoms in total. The number of hydrogen-bond acceptors (Lipinski definition) is 4. The third-order valence-electron chi connectivity index (χ3n) is 2.15. The zero-order valence-electron chi connectivity index (χ0n) is 9.12. The maximum atomic E-state index is 11.5. The fraction of sp³-hybridized carbons (Fsp3) is 0.600. The molecule has 5 heteroatoms. The van der Waals surface area contributed by atoms with Crippen LogP contribution in [-0.2, 0) is 11.3 Å². The Bertz CT molecular complexity index is 324. The molecule has 1 atom stereocenters. The molecule has 0 radical (unpaired) electrons. The Morgan fingerprint density at radius 2 is 2.47 bits per heavy atom. The fourth-order valence-corrected chi connectivity index (χ4v) is 1.95. The van der Waals surface area contributed by atoms with Crippen molar-refractivity contribution >= 4 is 17.2 Å². The van der Waals surface area contributed by atoms with Gasteiger partial charge >= 0.3 is 0 Å². The molecule has 0 aliphatic heterocycles. The monoisotopic (exact) mass is 227 g/mol. The molecule has 15 heavy (non-hydrogen) atoms. The Kier molecular flexibility index (Phi) is 4.71. The number of nitrogens with one attached hydrogen (secondary N) is 1. The highest BCUT2D eigenvalue weighted by Gasteiger charge is 2.11. The number of rotatable bonds is 5. The van der Waals surface area contributed by atoms with Gasteiger partial charge in [0.25, 0.3) is 0 Å². The second-order valence-electron chi connectivity index (χ2n) is 3.54. The highest BCUT2D eigenvalue weighted by atomic mass is 32.1. The molecule has 0 aromatic carbocycles. The predicted octanol–water partition coefficient (Wildman–Crippen LogP) is 1.05. The molecular weight excluding hydrogens is 210 g/mol. The lowest BCUT2D eigenvalue weighted by molar-refractivity contribution is -0.124. The van der Waals surface area contributed by atoms with Crippen LogP contribution in [0.1, 0.15) is 23.2 Å². The second-order valence-corrected chi connectivity index (χ2v) is 4.86. The van der Waals surface area contributed by atoms with E-state index in [-0.39, 0.29) is 11.8 Å². The van der Waals surface area contributed by atoms with E-state index < -0.39 is 0 Å². The Hall–Kier alpha value is -0.940. The topological polar surface area (TPSA) is 68.0 Å². The number of nitrogens with zero attached hydrogens (tertiary/aromatic N) is 1. The van der Waals surface area contributed by atoms with Crippen molar-refractivity contribution in [3.63, 3.8) is 0 Å². The SMILES string of the molecule is Cc1ncc(CNC(=O)C(C)CCN)s1. The second kappa shape index (κ2) is 5.82. The molecule has 1 unspecified atom stereocenters. The first kappa shape index (κ1) is 12.1. The van der Waals surface area contributed by atoms with Gasteiger partial charge in [0.2, 0.25) is 5.91 Å². The number of aromatic nitrogens is 1. The molecule has 0 bridgehead atoms. The normalized spacial score (nSPS) is 12.5. The van der Waals surface area contributed by atoms with Gasteiger partial charge in [-0.15, -0.1) is 11.3 Å². The lowest BCUT2D eigenvalue weighted by Crippen LogP contribution is -2.29. The molecule has 0 fully saturated rings. The van der Waals surface area contributed by atoms with Crippen LogP contribution in [0.2, 0.25) is 0 Å². The van der Waals surface area contributed by atoms with Crippen LogP contribution in [0.25, 0.3) is 0 Å². The number of carbonyl (C=O) groups is 1. The van der Waals surface area contributed by atoms with Gasteiger partial charge in [0.05, 0.1) is 11.6 Å². The molecule has 0 saturated heterocycles. The Morgan fingerprint density at radius 1 is 1.73 bits per heavy atom. The summed E-state index contributed by atoms with van der Waals surface area (Å²) in [5, 5.41) is 3.90. The summed E-state index contributed by atoms with van der Waals surface area (Å²) in [6.07, 6.45) is 2.53. The van der Waals surface area contributed by atoms with Crippen LogP contribution < -0.4 is 11.1 Å². The van der Waals surface area contributed by atoms with E-state index in [0.717, 1.165) is 16.3 Å². The Labute approximate surface area is 93.9 Å². The van der Waals surface area contributed by atoms with Crippen LogP contribution in [0.3, 0.4) is 0 Å². The van der Waals surface area contributed by atoms with Crippen molar-refractivity contribution in [2.75, 3.05) is 6.54 Å². The van der Waals surface area contributed by atoms with E-state index in [4.69, 9.17) is 5.73 Å². The summed E-state index contributed by atoms with van der Waals surface area (Å²) in [6.45, 7) is 4.96. The van der Waals surface area contributed by atoms with Crippen LogP contribution in [0.15, 0.2) is 6.20 Å². The third-order valence-corrected chi connectivity index (χ3v) is 3.07. The van der Waals surface area contributed by atoms with Gasteiger partial charge < -0.3 is 11.1 Å². The largest absolute Gasteiger partial charge is 0.351 e. The molecular formula is C10H17N3OS. The number of thiazole rings is 1. The number of hydrogen-bond donors (Lipinski definition) is 2.